The highest BCUT2D eigenvalue weighted by Crippen LogP contribution is 2.21. The first-order valence-corrected chi connectivity index (χ1v) is 5.10. The first-order valence-electron chi connectivity index (χ1n) is 4.69. The van der Waals surface area contributed by atoms with Crippen molar-refractivity contribution in [3.05, 3.63) is 34.9 Å². The predicted molar refractivity (Wildman–Crippen MR) is 59.0 cm³/mol. The molecule has 0 saturated heterocycles. The van der Waals surface area contributed by atoms with Gasteiger partial charge < -0.3 is 5.73 Å². The molecule has 1 aliphatic carbocycles. The molecule has 2 N–H and O–H groups in total. The van der Waals surface area contributed by atoms with E-state index in [4.69, 9.17) is 18.0 Å². The first kappa shape index (κ1) is 8.70. The molecule has 0 saturated carbocycles. The van der Waals surface area contributed by atoms with Gasteiger partial charge in [-0.25, -0.2) is 0 Å². The fourth-order valence-corrected chi connectivity index (χ4v) is 2.01. The molecule has 13 heavy (non-hydrogen) atoms. The minimum atomic E-state index is 0.508. The molecule has 0 aromatic heterocycles. The van der Waals surface area contributed by atoms with Crippen LogP contribution in [-0.2, 0) is 12.8 Å². The van der Waals surface area contributed by atoms with Gasteiger partial charge in [0.1, 0.15) is 4.99 Å². The van der Waals surface area contributed by atoms with Crippen LogP contribution in [0.2, 0.25) is 0 Å². The molecule has 1 nitrogen and oxygen atoms in total. The molecule has 2 heteroatoms. The molecular formula is C11H13NS. The molecule has 0 heterocycles. The normalized spacial score (nSPS) is 15.1. The van der Waals surface area contributed by atoms with E-state index in [0.717, 1.165) is 5.56 Å². The van der Waals surface area contributed by atoms with Crippen LogP contribution in [-0.4, -0.2) is 4.99 Å². The van der Waals surface area contributed by atoms with Crippen molar-refractivity contribution in [1.29, 1.82) is 0 Å². The average Bonchev–Trinajstić information content (AvgIpc) is 2.17. The summed E-state index contributed by atoms with van der Waals surface area (Å²) in [7, 11) is 0. The summed E-state index contributed by atoms with van der Waals surface area (Å²) in [5.74, 6) is 0. The first-order chi connectivity index (χ1) is 6.27. The van der Waals surface area contributed by atoms with E-state index in [0.29, 0.717) is 4.99 Å². The minimum absolute atomic E-state index is 0.508. The summed E-state index contributed by atoms with van der Waals surface area (Å²) in [5, 5.41) is 0. The van der Waals surface area contributed by atoms with Gasteiger partial charge in [-0.2, -0.15) is 0 Å². The van der Waals surface area contributed by atoms with Crippen molar-refractivity contribution >= 4 is 17.2 Å². The predicted octanol–water partition coefficient (Wildman–Crippen LogP) is 2.20. The van der Waals surface area contributed by atoms with Gasteiger partial charge in [0.2, 0.25) is 0 Å². The molecule has 0 radical (unpaired) electrons. The van der Waals surface area contributed by atoms with Gasteiger partial charge in [0.25, 0.3) is 0 Å². The lowest BCUT2D eigenvalue weighted by molar-refractivity contribution is 0.685. The van der Waals surface area contributed by atoms with Crippen molar-refractivity contribution in [2.75, 3.05) is 0 Å². The van der Waals surface area contributed by atoms with E-state index in [2.05, 4.69) is 12.1 Å². The molecule has 0 amide bonds. The van der Waals surface area contributed by atoms with Crippen LogP contribution in [0.3, 0.4) is 0 Å². The van der Waals surface area contributed by atoms with Gasteiger partial charge in [-0.05, 0) is 42.9 Å². The van der Waals surface area contributed by atoms with Crippen molar-refractivity contribution in [3.8, 4) is 0 Å². The lowest BCUT2D eigenvalue weighted by Gasteiger charge is -2.16. The zero-order chi connectivity index (χ0) is 9.26. The van der Waals surface area contributed by atoms with Gasteiger partial charge in [-0.3, -0.25) is 0 Å². The summed E-state index contributed by atoms with van der Waals surface area (Å²) >= 11 is 4.94. The molecule has 0 fully saturated rings. The second-order valence-electron chi connectivity index (χ2n) is 3.55. The fraction of sp³-hybridized carbons (Fsp3) is 0.364. The maximum Gasteiger partial charge on any atom is 0.103 e. The third-order valence-electron chi connectivity index (χ3n) is 2.63. The molecule has 1 aliphatic rings. The van der Waals surface area contributed by atoms with E-state index >= 15 is 0 Å². The lowest BCUT2D eigenvalue weighted by Crippen LogP contribution is -2.11. The summed E-state index contributed by atoms with van der Waals surface area (Å²) < 4.78 is 0. The third kappa shape index (κ3) is 1.73. The Morgan fingerprint density at radius 2 is 1.85 bits per heavy atom. The summed E-state index contributed by atoms with van der Waals surface area (Å²) in [6.45, 7) is 0. The van der Waals surface area contributed by atoms with Gasteiger partial charge >= 0.3 is 0 Å². The third-order valence-corrected chi connectivity index (χ3v) is 2.87. The number of rotatable bonds is 1. The van der Waals surface area contributed by atoms with E-state index in [1.54, 1.807) is 0 Å². The van der Waals surface area contributed by atoms with Crippen LogP contribution in [0, 0.1) is 0 Å². The van der Waals surface area contributed by atoms with E-state index in [9.17, 15) is 0 Å². The molecular weight excluding hydrogens is 178 g/mol. The smallest absolute Gasteiger partial charge is 0.103 e. The Morgan fingerprint density at radius 3 is 2.54 bits per heavy atom. The van der Waals surface area contributed by atoms with Crippen LogP contribution >= 0.6 is 12.2 Å². The second kappa shape index (κ2) is 3.46. The SMILES string of the molecule is NC(=S)c1ccc2c(c1)CCCC2. The largest absolute Gasteiger partial charge is 0.389 e. The Hall–Kier alpha value is -0.890. The Bertz CT molecular complexity index is 344. The average molecular weight is 191 g/mol. The maximum atomic E-state index is 5.58. The molecule has 0 bridgehead atoms. The Kier molecular flexibility index (Phi) is 2.32. The Labute approximate surface area is 83.9 Å². The highest BCUT2D eigenvalue weighted by molar-refractivity contribution is 7.80. The zero-order valence-corrected chi connectivity index (χ0v) is 8.36. The molecule has 0 spiro atoms. The lowest BCUT2D eigenvalue weighted by atomic mass is 9.90. The standard InChI is InChI=1S/C11H13NS/c12-11(13)10-6-5-8-3-1-2-4-9(8)7-10/h5-7H,1-4H2,(H2,12,13). The minimum Gasteiger partial charge on any atom is -0.389 e. The number of nitrogens with two attached hydrogens (primary N) is 1. The highest BCUT2D eigenvalue weighted by atomic mass is 32.1. The van der Waals surface area contributed by atoms with E-state index in [1.807, 2.05) is 6.07 Å². The van der Waals surface area contributed by atoms with Crippen molar-refractivity contribution in [1.82, 2.24) is 0 Å². The molecule has 0 unspecified atom stereocenters. The van der Waals surface area contributed by atoms with Crippen LogP contribution in [0.15, 0.2) is 18.2 Å². The number of thiocarbonyl (C=S) groups is 1. The van der Waals surface area contributed by atoms with Crippen LogP contribution < -0.4 is 5.73 Å². The zero-order valence-electron chi connectivity index (χ0n) is 7.55. The number of fused-ring (bicyclic) bond motifs is 1. The number of aryl methyl sites for hydroxylation is 2. The van der Waals surface area contributed by atoms with Crippen molar-refractivity contribution < 1.29 is 0 Å². The van der Waals surface area contributed by atoms with Crippen LogP contribution in [0.1, 0.15) is 29.5 Å². The van der Waals surface area contributed by atoms with Crippen LogP contribution in [0.25, 0.3) is 0 Å². The molecule has 1 aromatic rings. The second-order valence-corrected chi connectivity index (χ2v) is 3.99. The summed E-state index contributed by atoms with van der Waals surface area (Å²) in [4.78, 5) is 0.508. The number of hydrogen-bond acceptors (Lipinski definition) is 1. The summed E-state index contributed by atoms with van der Waals surface area (Å²) in [5.41, 5.74) is 9.51. The van der Waals surface area contributed by atoms with Crippen molar-refractivity contribution in [3.63, 3.8) is 0 Å². The van der Waals surface area contributed by atoms with E-state index in [1.165, 1.54) is 36.8 Å². The molecule has 1 aromatic carbocycles. The molecule has 0 aliphatic heterocycles. The van der Waals surface area contributed by atoms with Crippen molar-refractivity contribution in [2.24, 2.45) is 5.73 Å². The van der Waals surface area contributed by atoms with E-state index < -0.39 is 0 Å². The molecule has 0 atom stereocenters. The summed E-state index contributed by atoms with van der Waals surface area (Å²) in [6, 6.07) is 6.35. The van der Waals surface area contributed by atoms with Crippen LogP contribution in [0.4, 0.5) is 0 Å². The number of benzene rings is 1. The molecule has 2 rings (SSSR count). The monoisotopic (exact) mass is 191 g/mol. The highest BCUT2D eigenvalue weighted by Gasteiger charge is 2.09. The summed E-state index contributed by atoms with van der Waals surface area (Å²) in [6.07, 6.45) is 5.02. The maximum absolute atomic E-state index is 5.58. The number of hydrogen-bond donors (Lipinski definition) is 1. The van der Waals surface area contributed by atoms with Gasteiger partial charge in [0, 0.05) is 5.56 Å². The van der Waals surface area contributed by atoms with Crippen LogP contribution in [0.5, 0.6) is 0 Å². The topological polar surface area (TPSA) is 26.0 Å². The molecule has 68 valence electrons. The Morgan fingerprint density at radius 1 is 1.15 bits per heavy atom. The quantitative estimate of drug-likeness (QED) is 0.689. The fourth-order valence-electron chi connectivity index (χ4n) is 1.89. The van der Waals surface area contributed by atoms with E-state index in [-0.39, 0.29) is 0 Å². The van der Waals surface area contributed by atoms with Gasteiger partial charge in [-0.1, -0.05) is 24.4 Å². The van der Waals surface area contributed by atoms with Gasteiger partial charge in [-0.15, -0.1) is 0 Å². The Balaban J connectivity index is 2.40. The van der Waals surface area contributed by atoms with Crippen molar-refractivity contribution in [2.45, 2.75) is 25.7 Å². The van der Waals surface area contributed by atoms with Gasteiger partial charge in [0.05, 0.1) is 0 Å². The van der Waals surface area contributed by atoms with Gasteiger partial charge in [0.15, 0.2) is 0 Å².